The highest BCUT2D eigenvalue weighted by Crippen LogP contribution is 2.39. The summed E-state index contributed by atoms with van der Waals surface area (Å²) in [4.78, 5) is 27.8. The number of para-hydroxylation sites is 2. The van der Waals surface area contributed by atoms with Crippen molar-refractivity contribution in [2.75, 3.05) is 4.90 Å². The number of nitrogens with zero attached hydrogens (tertiary/aromatic N) is 2. The first-order valence-corrected chi connectivity index (χ1v) is 10.4. The highest BCUT2D eigenvalue weighted by Gasteiger charge is 2.40. The van der Waals surface area contributed by atoms with E-state index in [1.165, 1.54) is 5.01 Å². The Bertz CT molecular complexity index is 932. The van der Waals surface area contributed by atoms with E-state index in [-0.39, 0.29) is 0 Å². The Balaban J connectivity index is 1.99. The molecular weight excluding hydrogens is 394 g/mol. The third-order valence-corrected chi connectivity index (χ3v) is 4.48. The van der Waals surface area contributed by atoms with E-state index in [1.54, 1.807) is 41.5 Å². The summed E-state index contributed by atoms with van der Waals surface area (Å²) < 4.78 is 11.0. The summed E-state index contributed by atoms with van der Waals surface area (Å²) in [5, 5.41) is 1.23. The summed E-state index contributed by atoms with van der Waals surface area (Å²) in [7, 11) is 0. The van der Waals surface area contributed by atoms with Crippen molar-refractivity contribution in [3.63, 3.8) is 0 Å². The summed E-state index contributed by atoms with van der Waals surface area (Å²) >= 11 is 0. The number of hydrogen-bond acceptors (Lipinski definition) is 5. The van der Waals surface area contributed by atoms with Crippen LogP contribution in [0.2, 0.25) is 0 Å². The molecule has 1 aliphatic heterocycles. The highest BCUT2D eigenvalue weighted by atomic mass is 16.6. The molecule has 0 aromatic heterocycles. The Kier molecular flexibility index (Phi) is 6.15. The van der Waals surface area contributed by atoms with Gasteiger partial charge in [0.1, 0.15) is 17.4 Å². The lowest BCUT2D eigenvalue weighted by Gasteiger charge is -2.37. The fourth-order valence-electron chi connectivity index (χ4n) is 3.43. The van der Waals surface area contributed by atoms with Crippen LogP contribution in [0.5, 0.6) is 0 Å². The average molecular weight is 426 g/mol. The van der Waals surface area contributed by atoms with E-state index >= 15 is 0 Å². The van der Waals surface area contributed by atoms with Gasteiger partial charge in [-0.25, -0.2) is 15.0 Å². The molecule has 1 N–H and O–H groups in total. The lowest BCUT2D eigenvalue weighted by atomic mass is 10.1. The topological polar surface area (TPSA) is 71.1 Å². The van der Waals surface area contributed by atoms with Crippen LogP contribution in [0.15, 0.2) is 54.6 Å². The van der Waals surface area contributed by atoms with Gasteiger partial charge in [-0.2, -0.15) is 5.01 Å². The Hall–Kier alpha value is -3.22. The molecule has 166 valence electrons. The Labute approximate surface area is 183 Å². The second-order valence-corrected chi connectivity index (χ2v) is 9.48. The number of benzene rings is 2. The summed E-state index contributed by atoms with van der Waals surface area (Å²) in [5.41, 5.74) is 4.13. The monoisotopic (exact) mass is 425 g/mol. The molecule has 2 aromatic rings. The van der Waals surface area contributed by atoms with E-state index in [9.17, 15) is 9.59 Å². The van der Waals surface area contributed by atoms with Crippen LogP contribution in [-0.2, 0) is 15.9 Å². The fourth-order valence-corrected chi connectivity index (χ4v) is 3.43. The molecule has 1 unspecified atom stereocenters. The van der Waals surface area contributed by atoms with Gasteiger partial charge in [-0.1, -0.05) is 36.4 Å². The lowest BCUT2D eigenvalue weighted by Crippen LogP contribution is -2.58. The quantitative estimate of drug-likeness (QED) is 0.654. The molecule has 0 spiro atoms. The van der Waals surface area contributed by atoms with Crippen molar-refractivity contribution in [3.05, 3.63) is 60.2 Å². The van der Waals surface area contributed by atoms with Crippen LogP contribution >= 0.6 is 0 Å². The van der Waals surface area contributed by atoms with Gasteiger partial charge in [0.25, 0.3) is 0 Å². The van der Waals surface area contributed by atoms with Crippen LogP contribution in [0, 0.1) is 0 Å². The minimum Gasteiger partial charge on any atom is -0.443 e. The first-order valence-electron chi connectivity index (χ1n) is 10.4. The van der Waals surface area contributed by atoms with E-state index < -0.39 is 29.6 Å². The molecule has 0 aliphatic carbocycles. The number of carbonyl (C=O) groups excluding carboxylic acids is 2. The van der Waals surface area contributed by atoms with Crippen molar-refractivity contribution in [1.29, 1.82) is 0 Å². The third-order valence-electron chi connectivity index (χ3n) is 4.48. The molecule has 0 fully saturated rings. The molecule has 0 saturated carbocycles. The van der Waals surface area contributed by atoms with Gasteiger partial charge >= 0.3 is 12.2 Å². The van der Waals surface area contributed by atoms with Gasteiger partial charge in [-0.3, -0.25) is 0 Å². The lowest BCUT2D eigenvalue weighted by molar-refractivity contribution is -0.00805. The molecule has 7 heteroatoms. The van der Waals surface area contributed by atoms with Crippen molar-refractivity contribution in [3.8, 4) is 0 Å². The number of fused-ring (bicyclic) bond motifs is 1. The molecule has 1 heterocycles. The molecule has 1 aliphatic rings. The van der Waals surface area contributed by atoms with Crippen LogP contribution in [0.1, 0.15) is 47.1 Å². The largest absolute Gasteiger partial charge is 0.443 e. The number of amides is 2. The van der Waals surface area contributed by atoms with Crippen molar-refractivity contribution < 1.29 is 19.1 Å². The molecule has 1 atom stereocenters. The first kappa shape index (κ1) is 22.5. The molecule has 0 bridgehead atoms. The van der Waals surface area contributed by atoms with Gasteiger partial charge in [0.15, 0.2) is 0 Å². The van der Waals surface area contributed by atoms with Crippen LogP contribution in [0.25, 0.3) is 0 Å². The zero-order chi connectivity index (χ0) is 22.8. The Morgan fingerprint density at radius 1 is 0.903 bits per heavy atom. The summed E-state index contributed by atoms with van der Waals surface area (Å²) in [5.74, 6) is 0. The van der Waals surface area contributed by atoms with E-state index in [2.05, 4.69) is 5.43 Å². The summed E-state index contributed by atoms with van der Waals surface area (Å²) in [6.45, 7) is 10.7. The number of carbonyl (C=O) groups is 2. The normalized spacial score (nSPS) is 15.8. The van der Waals surface area contributed by atoms with Crippen molar-refractivity contribution >= 4 is 23.6 Å². The predicted molar refractivity (Wildman–Crippen MR) is 120 cm³/mol. The number of ether oxygens (including phenoxy) is 2. The average Bonchev–Trinajstić information content (AvgIpc) is 3.03. The SMILES string of the molecule is CC(C)(C)OC(=O)NN(C(=O)OC(C)(C)C)C1Cc2ccccc2N1c1ccccc1. The minimum atomic E-state index is -0.728. The van der Waals surface area contributed by atoms with Crippen molar-refractivity contribution in [2.24, 2.45) is 0 Å². The number of nitrogens with one attached hydrogen (secondary N) is 1. The van der Waals surface area contributed by atoms with E-state index in [4.69, 9.17) is 9.47 Å². The highest BCUT2D eigenvalue weighted by molar-refractivity contribution is 5.78. The predicted octanol–water partition coefficient (Wildman–Crippen LogP) is 5.38. The van der Waals surface area contributed by atoms with Crippen LogP contribution in [0.4, 0.5) is 21.0 Å². The molecule has 3 rings (SSSR count). The van der Waals surface area contributed by atoms with Gasteiger partial charge in [0.2, 0.25) is 0 Å². The van der Waals surface area contributed by atoms with E-state index in [0.717, 1.165) is 16.9 Å². The molecule has 0 saturated heterocycles. The number of hydrogen-bond donors (Lipinski definition) is 1. The van der Waals surface area contributed by atoms with Gasteiger partial charge in [0.05, 0.1) is 0 Å². The molecule has 2 aromatic carbocycles. The maximum absolute atomic E-state index is 13.2. The van der Waals surface area contributed by atoms with Gasteiger partial charge in [-0.05, 0) is 65.3 Å². The Morgan fingerprint density at radius 2 is 1.48 bits per heavy atom. The van der Waals surface area contributed by atoms with Gasteiger partial charge < -0.3 is 14.4 Å². The van der Waals surface area contributed by atoms with Gasteiger partial charge in [-0.15, -0.1) is 0 Å². The van der Waals surface area contributed by atoms with Gasteiger partial charge in [0, 0.05) is 17.8 Å². The fraction of sp³-hybridized carbons (Fsp3) is 0.417. The molecule has 2 amide bonds. The molecule has 7 nitrogen and oxygen atoms in total. The zero-order valence-electron chi connectivity index (χ0n) is 19.0. The first-order chi connectivity index (χ1) is 14.4. The second kappa shape index (κ2) is 8.49. The standard InChI is InChI=1S/C24H31N3O4/c1-23(2,3)30-21(28)25-27(22(29)31-24(4,5)6)20-16-17-12-10-11-15-19(17)26(20)18-13-8-7-9-14-18/h7-15,20H,16H2,1-6H3,(H,25,28). The molecular formula is C24H31N3O4. The smallest absolute Gasteiger partial charge is 0.431 e. The molecule has 31 heavy (non-hydrogen) atoms. The van der Waals surface area contributed by atoms with Crippen molar-refractivity contribution in [1.82, 2.24) is 10.4 Å². The van der Waals surface area contributed by atoms with Crippen LogP contribution in [0.3, 0.4) is 0 Å². The van der Waals surface area contributed by atoms with Crippen LogP contribution < -0.4 is 10.3 Å². The van der Waals surface area contributed by atoms with Crippen LogP contribution in [-0.4, -0.2) is 34.6 Å². The minimum absolute atomic E-state index is 0.514. The molecule has 0 radical (unpaired) electrons. The maximum atomic E-state index is 13.2. The zero-order valence-corrected chi connectivity index (χ0v) is 19.0. The maximum Gasteiger partial charge on any atom is 0.431 e. The second-order valence-electron chi connectivity index (χ2n) is 9.48. The van der Waals surface area contributed by atoms with Crippen molar-refractivity contribution in [2.45, 2.75) is 65.3 Å². The van der Waals surface area contributed by atoms with E-state index in [1.807, 2.05) is 59.5 Å². The summed E-state index contributed by atoms with van der Waals surface area (Å²) in [6, 6.07) is 17.7. The summed E-state index contributed by atoms with van der Waals surface area (Å²) in [6.07, 6.45) is -1.39. The number of rotatable bonds is 2. The number of anilines is 2. The third kappa shape index (κ3) is 5.69. The Morgan fingerprint density at radius 3 is 2.10 bits per heavy atom. The van der Waals surface area contributed by atoms with E-state index in [0.29, 0.717) is 6.42 Å². The number of hydrazine groups is 1.